The first-order chi connectivity index (χ1) is 13.1. The third kappa shape index (κ3) is 3.79. The summed E-state index contributed by atoms with van der Waals surface area (Å²) in [7, 11) is 0. The summed E-state index contributed by atoms with van der Waals surface area (Å²) in [6.45, 7) is 0.422. The Morgan fingerprint density at radius 1 is 1.11 bits per heavy atom. The second-order valence-electron chi connectivity index (χ2n) is 7.66. The fourth-order valence-electron chi connectivity index (χ4n) is 4.63. The minimum absolute atomic E-state index is 0.175. The van der Waals surface area contributed by atoms with Crippen molar-refractivity contribution in [1.29, 1.82) is 0 Å². The van der Waals surface area contributed by atoms with Gasteiger partial charge in [0.2, 0.25) is 5.91 Å². The molecule has 2 aromatic rings. The number of amides is 1. The Kier molecular flexibility index (Phi) is 5.30. The van der Waals surface area contributed by atoms with Gasteiger partial charge in [-0.15, -0.1) is 11.3 Å². The van der Waals surface area contributed by atoms with Crippen LogP contribution in [0, 0.1) is 5.92 Å². The van der Waals surface area contributed by atoms with Gasteiger partial charge in [-0.25, -0.2) is 4.79 Å². The second-order valence-corrected chi connectivity index (χ2v) is 8.71. The molecule has 4 nitrogen and oxygen atoms in total. The van der Waals surface area contributed by atoms with E-state index in [1.807, 2.05) is 41.3 Å². The average Bonchev–Trinajstić information content (AvgIpc) is 3.28. The van der Waals surface area contributed by atoms with Gasteiger partial charge in [0.15, 0.2) is 0 Å². The molecule has 1 N–H and O–H groups in total. The van der Waals surface area contributed by atoms with Crippen molar-refractivity contribution in [3.05, 3.63) is 46.8 Å². The Labute approximate surface area is 163 Å². The first kappa shape index (κ1) is 18.2. The summed E-state index contributed by atoms with van der Waals surface area (Å²) in [5, 5.41) is 9.69. The molecule has 2 heterocycles. The van der Waals surface area contributed by atoms with Crippen molar-refractivity contribution in [1.82, 2.24) is 4.90 Å². The number of carbonyl (C=O) groups excluding carboxylic acids is 1. The molecule has 4 rings (SSSR count). The molecular formula is C22H25NO3S. The van der Waals surface area contributed by atoms with E-state index in [0.29, 0.717) is 23.8 Å². The molecular weight excluding hydrogens is 358 g/mol. The number of carboxylic acids is 1. The van der Waals surface area contributed by atoms with Gasteiger partial charge < -0.3 is 10.0 Å². The van der Waals surface area contributed by atoms with Gasteiger partial charge in [0.1, 0.15) is 4.88 Å². The lowest BCUT2D eigenvalue weighted by Gasteiger charge is -2.34. The van der Waals surface area contributed by atoms with Crippen LogP contribution in [0.1, 0.15) is 60.2 Å². The maximum absolute atomic E-state index is 12.6. The summed E-state index contributed by atoms with van der Waals surface area (Å²) in [6, 6.07) is 12.1. The van der Waals surface area contributed by atoms with E-state index in [4.69, 9.17) is 0 Å². The van der Waals surface area contributed by atoms with Crippen LogP contribution in [0.5, 0.6) is 0 Å². The van der Waals surface area contributed by atoms with E-state index < -0.39 is 5.97 Å². The molecule has 0 spiro atoms. The first-order valence-electron chi connectivity index (χ1n) is 9.84. The number of hydrogen-bond acceptors (Lipinski definition) is 3. The van der Waals surface area contributed by atoms with E-state index in [2.05, 4.69) is 0 Å². The minimum atomic E-state index is -0.905. The van der Waals surface area contributed by atoms with Crippen molar-refractivity contribution < 1.29 is 14.7 Å². The third-order valence-electron chi connectivity index (χ3n) is 5.97. The molecule has 142 valence electrons. The highest BCUT2D eigenvalue weighted by atomic mass is 32.1. The van der Waals surface area contributed by atoms with Gasteiger partial charge in [0, 0.05) is 23.9 Å². The van der Waals surface area contributed by atoms with E-state index in [0.717, 1.165) is 22.4 Å². The Morgan fingerprint density at radius 2 is 1.85 bits per heavy atom. The van der Waals surface area contributed by atoms with Crippen LogP contribution in [0.25, 0.3) is 10.4 Å². The number of nitrogens with zero attached hydrogens (tertiary/aromatic N) is 1. The van der Waals surface area contributed by atoms with E-state index in [1.165, 1.54) is 43.4 Å². The predicted octanol–water partition coefficient (Wildman–Crippen LogP) is 5.18. The summed E-state index contributed by atoms with van der Waals surface area (Å²) in [6.07, 6.45) is 7.70. The van der Waals surface area contributed by atoms with Crippen LogP contribution in [0.15, 0.2) is 36.4 Å². The quantitative estimate of drug-likeness (QED) is 0.773. The van der Waals surface area contributed by atoms with Crippen molar-refractivity contribution in [3.63, 3.8) is 0 Å². The lowest BCUT2D eigenvalue weighted by Crippen LogP contribution is -2.38. The first-order valence-corrected chi connectivity index (χ1v) is 10.7. The monoisotopic (exact) mass is 383 g/mol. The molecule has 2 fully saturated rings. The number of hydrogen-bond donors (Lipinski definition) is 1. The fraction of sp³-hybridized carbons (Fsp3) is 0.455. The number of thiophene rings is 1. The molecule has 1 aliphatic heterocycles. The smallest absolute Gasteiger partial charge is 0.346 e. The van der Waals surface area contributed by atoms with Gasteiger partial charge >= 0.3 is 5.97 Å². The van der Waals surface area contributed by atoms with E-state index >= 15 is 0 Å². The molecule has 1 aromatic heterocycles. The van der Waals surface area contributed by atoms with Gasteiger partial charge in [-0.3, -0.25) is 4.79 Å². The standard InChI is InChI=1S/C22H25NO3S/c24-20-12-11-18(15-7-3-1-4-8-15)23(20)14-17-13-19(27-21(17)22(25)26)16-9-5-2-6-10-16/h2,5-6,9-10,13,15,18H,1,3-4,7-8,11-12,14H2,(H,25,26)/t18-/m0/s1. The zero-order chi connectivity index (χ0) is 18.8. The molecule has 1 amide bonds. The van der Waals surface area contributed by atoms with Crippen LogP contribution < -0.4 is 0 Å². The van der Waals surface area contributed by atoms with Gasteiger partial charge in [-0.1, -0.05) is 49.6 Å². The molecule has 1 saturated carbocycles. The summed E-state index contributed by atoms with van der Waals surface area (Å²) in [4.78, 5) is 27.7. The summed E-state index contributed by atoms with van der Waals surface area (Å²) in [5.41, 5.74) is 1.79. The van der Waals surface area contributed by atoms with E-state index in [1.54, 1.807) is 0 Å². The number of aromatic carboxylic acids is 1. The summed E-state index contributed by atoms with van der Waals surface area (Å²) < 4.78 is 0. The van der Waals surface area contributed by atoms with Crippen molar-refractivity contribution in [2.45, 2.75) is 57.5 Å². The normalized spacial score (nSPS) is 21.0. The van der Waals surface area contributed by atoms with Crippen LogP contribution in [-0.2, 0) is 11.3 Å². The fourth-order valence-corrected chi connectivity index (χ4v) is 5.64. The molecule has 0 radical (unpaired) electrons. The number of carbonyl (C=O) groups is 2. The summed E-state index contributed by atoms with van der Waals surface area (Å²) >= 11 is 1.30. The SMILES string of the molecule is O=C(O)c1sc(-c2ccccc2)cc1CN1C(=O)CC[C@H]1C1CCCCC1. The molecule has 1 aromatic carbocycles. The molecule has 1 atom stereocenters. The lowest BCUT2D eigenvalue weighted by atomic mass is 9.83. The number of likely N-dealkylation sites (tertiary alicyclic amines) is 1. The minimum Gasteiger partial charge on any atom is -0.477 e. The maximum atomic E-state index is 12.6. The van der Waals surface area contributed by atoms with Crippen LogP contribution >= 0.6 is 11.3 Å². The maximum Gasteiger partial charge on any atom is 0.346 e. The van der Waals surface area contributed by atoms with Crippen molar-refractivity contribution in [2.24, 2.45) is 5.92 Å². The lowest BCUT2D eigenvalue weighted by molar-refractivity contribution is -0.130. The molecule has 1 saturated heterocycles. The topological polar surface area (TPSA) is 57.6 Å². The van der Waals surface area contributed by atoms with E-state index in [-0.39, 0.29) is 11.9 Å². The van der Waals surface area contributed by atoms with Crippen LogP contribution in [0.4, 0.5) is 0 Å². The largest absolute Gasteiger partial charge is 0.477 e. The molecule has 0 bridgehead atoms. The van der Waals surface area contributed by atoms with Crippen molar-refractivity contribution in [2.75, 3.05) is 0 Å². The zero-order valence-electron chi connectivity index (χ0n) is 15.4. The highest BCUT2D eigenvalue weighted by Crippen LogP contribution is 2.38. The number of benzene rings is 1. The van der Waals surface area contributed by atoms with Gasteiger partial charge in [-0.2, -0.15) is 0 Å². The van der Waals surface area contributed by atoms with Crippen LogP contribution in [0.2, 0.25) is 0 Å². The van der Waals surface area contributed by atoms with Crippen molar-refractivity contribution >= 4 is 23.2 Å². The second kappa shape index (κ2) is 7.85. The van der Waals surface area contributed by atoms with Crippen LogP contribution in [-0.4, -0.2) is 27.9 Å². The predicted molar refractivity (Wildman–Crippen MR) is 107 cm³/mol. The highest BCUT2D eigenvalue weighted by Gasteiger charge is 2.37. The highest BCUT2D eigenvalue weighted by molar-refractivity contribution is 7.17. The number of rotatable bonds is 5. The summed E-state index contributed by atoms with van der Waals surface area (Å²) in [5.74, 6) is -0.155. The third-order valence-corrected chi connectivity index (χ3v) is 7.19. The van der Waals surface area contributed by atoms with Crippen molar-refractivity contribution in [3.8, 4) is 10.4 Å². The van der Waals surface area contributed by atoms with Gasteiger partial charge in [0.25, 0.3) is 0 Å². The molecule has 1 aliphatic carbocycles. The molecule has 0 unspecified atom stereocenters. The zero-order valence-corrected chi connectivity index (χ0v) is 16.2. The van der Waals surface area contributed by atoms with Crippen LogP contribution in [0.3, 0.4) is 0 Å². The van der Waals surface area contributed by atoms with E-state index in [9.17, 15) is 14.7 Å². The van der Waals surface area contributed by atoms with Gasteiger partial charge in [0.05, 0.1) is 0 Å². The molecule has 5 heteroatoms. The molecule has 27 heavy (non-hydrogen) atoms. The van der Waals surface area contributed by atoms with Gasteiger partial charge in [-0.05, 0) is 42.4 Å². The Bertz CT molecular complexity index is 823. The molecule has 2 aliphatic rings. The Balaban J connectivity index is 1.61. The Morgan fingerprint density at radius 3 is 2.56 bits per heavy atom. The number of carboxylic acid groups (broad SMARTS) is 1. The Hall–Kier alpha value is -2.14. The average molecular weight is 384 g/mol.